The Morgan fingerprint density at radius 3 is 2.00 bits per heavy atom. The van der Waals surface area contributed by atoms with Crippen LogP contribution in [0.1, 0.15) is 34.3 Å². The average Bonchev–Trinajstić information content (AvgIpc) is 3.11. The van der Waals surface area contributed by atoms with E-state index in [-0.39, 0.29) is 11.3 Å². The number of rotatable bonds is 3. The van der Waals surface area contributed by atoms with E-state index in [9.17, 15) is 31.1 Å². The molecule has 1 amide bonds. The third-order valence-electron chi connectivity index (χ3n) is 6.62. The van der Waals surface area contributed by atoms with Crippen LogP contribution in [0.15, 0.2) is 48.8 Å². The normalized spacial score (nSPS) is 17.2. The molecule has 0 unspecified atom stereocenters. The van der Waals surface area contributed by atoms with E-state index in [2.05, 4.69) is 16.0 Å². The third kappa shape index (κ3) is 10.9. The van der Waals surface area contributed by atoms with Crippen LogP contribution in [0, 0.1) is 12.3 Å². The van der Waals surface area contributed by atoms with Gasteiger partial charge in [0.15, 0.2) is 0 Å². The Morgan fingerprint density at radius 2 is 1.50 bits per heavy atom. The van der Waals surface area contributed by atoms with Crippen LogP contribution in [0.3, 0.4) is 0 Å². The van der Waals surface area contributed by atoms with Crippen molar-refractivity contribution in [2.45, 2.75) is 38.7 Å². The van der Waals surface area contributed by atoms with E-state index in [0.717, 1.165) is 69.9 Å². The number of carbonyl (C=O) groups is 3. The first kappa shape index (κ1) is 34.5. The molecule has 0 bridgehead atoms. The number of amides is 1. The van der Waals surface area contributed by atoms with Gasteiger partial charge in [-0.15, -0.1) is 0 Å². The minimum atomic E-state index is -5.08. The molecule has 232 valence electrons. The van der Waals surface area contributed by atoms with Gasteiger partial charge in [-0.05, 0) is 43.0 Å². The number of aryl methyl sites for hydroxylation is 1. The molecule has 1 aromatic heterocycles. The molecule has 2 aliphatic rings. The summed E-state index contributed by atoms with van der Waals surface area (Å²) >= 11 is 0. The fourth-order valence-corrected chi connectivity index (χ4v) is 4.44. The van der Waals surface area contributed by atoms with Gasteiger partial charge in [0.25, 0.3) is 5.91 Å². The highest BCUT2D eigenvalue weighted by atomic mass is 19.4. The highest BCUT2D eigenvalue weighted by molar-refractivity contribution is 5.95. The Labute approximate surface area is 237 Å². The molecule has 1 spiro atoms. The molecule has 2 aliphatic heterocycles. The third-order valence-corrected chi connectivity index (χ3v) is 6.62. The number of aliphatic carboxylic acids is 2. The summed E-state index contributed by atoms with van der Waals surface area (Å²) in [6, 6.07) is 12.0. The van der Waals surface area contributed by atoms with Crippen molar-refractivity contribution in [3.05, 3.63) is 65.5 Å². The molecule has 42 heavy (non-hydrogen) atoms. The Kier molecular flexibility index (Phi) is 12.3. The number of hydrogen-bond acceptors (Lipinski definition) is 6. The summed E-state index contributed by atoms with van der Waals surface area (Å²) in [5, 5.41) is 14.2. The summed E-state index contributed by atoms with van der Waals surface area (Å²) in [4.78, 5) is 39.5. The van der Waals surface area contributed by atoms with Gasteiger partial charge in [-0.2, -0.15) is 26.3 Å². The Balaban J connectivity index is 0.000000367. The van der Waals surface area contributed by atoms with Crippen LogP contribution in [0.5, 0.6) is 0 Å². The van der Waals surface area contributed by atoms with Crippen LogP contribution in [0.4, 0.5) is 26.3 Å². The lowest BCUT2D eigenvalue weighted by molar-refractivity contribution is -0.193. The van der Waals surface area contributed by atoms with E-state index in [4.69, 9.17) is 24.5 Å². The average molecular weight is 608 g/mol. The summed E-state index contributed by atoms with van der Waals surface area (Å²) in [5.41, 5.74) is 3.26. The molecular weight excluding hydrogens is 576 g/mol. The predicted molar refractivity (Wildman–Crippen MR) is 136 cm³/mol. The number of alkyl halides is 6. The highest BCUT2D eigenvalue weighted by Crippen LogP contribution is 2.35. The number of carboxylic acid groups (broad SMARTS) is 2. The maximum Gasteiger partial charge on any atom is 0.490 e. The predicted octanol–water partition coefficient (Wildman–Crippen LogP) is 4.41. The molecule has 2 saturated heterocycles. The van der Waals surface area contributed by atoms with Crippen molar-refractivity contribution in [1.82, 2.24) is 14.8 Å². The number of hydrogen-bond donors (Lipinski definition) is 2. The van der Waals surface area contributed by atoms with Crippen molar-refractivity contribution in [3.8, 4) is 0 Å². The molecule has 2 aromatic rings. The molecule has 2 N–H and O–H groups in total. The van der Waals surface area contributed by atoms with Gasteiger partial charge in [0.2, 0.25) is 0 Å². The van der Waals surface area contributed by atoms with Crippen molar-refractivity contribution < 1.29 is 55.7 Å². The van der Waals surface area contributed by atoms with Gasteiger partial charge < -0.3 is 19.8 Å². The summed E-state index contributed by atoms with van der Waals surface area (Å²) in [7, 11) is 0. The van der Waals surface area contributed by atoms with Crippen molar-refractivity contribution in [1.29, 1.82) is 0 Å². The number of halogens is 6. The second-order valence-corrected chi connectivity index (χ2v) is 9.84. The van der Waals surface area contributed by atoms with Crippen LogP contribution in [-0.2, 0) is 20.9 Å². The van der Waals surface area contributed by atoms with Gasteiger partial charge in [0.05, 0.1) is 13.2 Å². The van der Waals surface area contributed by atoms with Gasteiger partial charge in [-0.1, -0.05) is 24.3 Å². The molecule has 9 nitrogen and oxygen atoms in total. The molecule has 0 radical (unpaired) electrons. The maximum absolute atomic E-state index is 12.9. The van der Waals surface area contributed by atoms with Gasteiger partial charge in [-0.3, -0.25) is 14.7 Å². The topological polar surface area (TPSA) is 120 Å². The van der Waals surface area contributed by atoms with Crippen LogP contribution in [-0.4, -0.2) is 94.6 Å². The van der Waals surface area contributed by atoms with Crippen LogP contribution in [0.25, 0.3) is 0 Å². The van der Waals surface area contributed by atoms with Crippen LogP contribution < -0.4 is 0 Å². The Morgan fingerprint density at radius 1 is 0.929 bits per heavy atom. The second kappa shape index (κ2) is 15.0. The molecule has 4 rings (SSSR count). The van der Waals surface area contributed by atoms with E-state index in [1.807, 2.05) is 54.5 Å². The fraction of sp³-hybridized carbons (Fsp3) is 0.481. The molecule has 1 aromatic carbocycles. The second-order valence-electron chi connectivity index (χ2n) is 9.84. The SMILES string of the molecule is Cc1ccccc1C(=O)N1CCC2(CC1)COCCN(Cc1cccnc1)C2.O=C(O)C(F)(F)F.O=C(O)C(F)(F)F. The number of carboxylic acids is 2. The summed E-state index contributed by atoms with van der Waals surface area (Å²) in [5.74, 6) is -5.35. The van der Waals surface area contributed by atoms with Gasteiger partial charge in [0.1, 0.15) is 0 Å². The minimum absolute atomic E-state index is 0.140. The highest BCUT2D eigenvalue weighted by Gasteiger charge is 2.40. The number of likely N-dealkylation sites (tertiary alicyclic amines) is 1. The number of piperidine rings is 1. The van der Waals surface area contributed by atoms with E-state index in [0.29, 0.717) is 0 Å². The number of benzene rings is 1. The molecule has 0 atom stereocenters. The molecule has 2 fully saturated rings. The quantitative estimate of drug-likeness (QED) is 0.493. The number of pyridine rings is 1. The first-order valence-corrected chi connectivity index (χ1v) is 12.7. The van der Waals surface area contributed by atoms with Crippen LogP contribution >= 0.6 is 0 Å². The molecule has 0 saturated carbocycles. The zero-order chi connectivity index (χ0) is 31.6. The zero-order valence-corrected chi connectivity index (χ0v) is 22.6. The lowest BCUT2D eigenvalue weighted by Crippen LogP contribution is -2.48. The van der Waals surface area contributed by atoms with E-state index in [1.54, 1.807) is 0 Å². The lowest BCUT2D eigenvalue weighted by atomic mass is 9.78. The van der Waals surface area contributed by atoms with Gasteiger partial charge in [-0.25, -0.2) is 9.59 Å². The first-order chi connectivity index (χ1) is 19.5. The van der Waals surface area contributed by atoms with E-state index >= 15 is 0 Å². The number of aromatic nitrogens is 1. The summed E-state index contributed by atoms with van der Waals surface area (Å²) in [6.07, 6.45) is -4.41. The number of ether oxygens (including phenoxy) is 1. The van der Waals surface area contributed by atoms with Gasteiger partial charge in [0, 0.05) is 56.1 Å². The number of carbonyl (C=O) groups excluding carboxylic acids is 1. The van der Waals surface area contributed by atoms with Crippen molar-refractivity contribution >= 4 is 17.8 Å². The summed E-state index contributed by atoms with van der Waals surface area (Å²) < 4.78 is 69.5. The largest absolute Gasteiger partial charge is 0.490 e. The smallest absolute Gasteiger partial charge is 0.475 e. The number of nitrogens with zero attached hydrogens (tertiary/aromatic N) is 3. The van der Waals surface area contributed by atoms with Crippen molar-refractivity contribution in [2.24, 2.45) is 5.41 Å². The standard InChI is InChI=1S/C23H29N3O2.2C2HF3O2/c1-19-5-2-3-7-21(19)22(27)26-11-8-23(9-12-26)17-25(13-14-28-18-23)16-20-6-4-10-24-15-20;2*3-2(4,5)1(6)7/h2-7,10,15H,8-9,11-14,16-18H2,1H3;2*(H,6,7). The zero-order valence-electron chi connectivity index (χ0n) is 22.6. The molecular formula is C27H31F6N3O6. The Bertz CT molecular complexity index is 1160. The van der Waals surface area contributed by atoms with Crippen LogP contribution in [0.2, 0.25) is 0 Å². The molecule has 3 heterocycles. The summed E-state index contributed by atoms with van der Waals surface area (Å²) in [6.45, 7) is 8.06. The Hall–Kier alpha value is -3.72. The monoisotopic (exact) mass is 607 g/mol. The van der Waals surface area contributed by atoms with Gasteiger partial charge >= 0.3 is 24.3 Å². The molecule has 15 heteroatoms. The van der Waals surface area contributed by atoms with E-state index in [1.165, 1.54) is 5.56 Å². The minimum Gasteiger partial charge on any atom is -0.475 e. The molecule has 0 aliphatic carbocycles. The maximum atomic E-state index is 12.9. The van der Waals surface area contributed by atoms with Crippen molar-refractivity contribution in [2.75, 3.05) is 39.4 Å². The van der Waals surface area contributed by atoms with E-state index < -0.39 is 24.3 Å². The fourth-order valence-electron chi connectivity index (χ4n) is 4.44. The lowest BCUT2D eigenvalue weighted by Gasteiger charge is -2.42. The first-order valence-electron chi connectivity index (χ1n) is 12.7. The van der Waals surface area contributed by atoms with Crippen molar-refractivity contribution in [3.63, 3.8) is 0 Å².